The summed E-state index contributed by atoms with van der Waals surface area (Å²) in [6.07, 6.45) is 0.421. The third kappa shape index (κ3) is 3.10. The molecule has 0 unspecified atom stereocenters. The van der Waals surface area contributed by atoms with E-state index in [2.05, 4.69) is 0 Å². The number of benzene rings is 2. The number of nitrogens with zero attached hydrogens (tertiary/aromatic N) is 1. The second-order valence-electron chi connectivity index (χ2n) is 5.38. The molecule has 1 aliphatic heterocycles. The lowest BCUT2D eigenvalue weighted by Gasteiger charge is -2.17. The molecule has 24 heavy (non-hydrogen) atoms. The number of nitrogens with one attached hydrogen (secondary N) is 1. The van der Waals surface area contributed by atoms with E-state index >= 15 is 0 Å². The van der Waals surface area contributed by atoms with Gasteiger partial charge in [-0.3, -0.25) is 4.79 Å². The molecule has 2 aromatic rings. The monoisotopic (exact) mass is 367 g/mol. The van der Waals surface area contributed by atoms with Gasteiger partial charge in [0.15, 0.2) is 0 Å². The first kappa shape index (κ1) is 16.4. The predicted octanol–water partition coefficient (Wildman–Crippen LogP) is 1.40. The van der Waals surface area contributed by atoms with Crippen molar-refractivity contribution >= 4 is 39.1 Å². The van der Waals surface area contributed by atoms with E-state index in [0.29, 0.717) is 17.1 Å². The first-order valence-electron chi connectivity index (χ1n) is 6.95. The number of halogens is 1. The molecule has 1 fully saturated rings. The molecule has 0 spiro atoms. The number of hydrogen-bond donors (Lipinski definition) is 3. The van der Waals surface area contributed by atoms with Gasteiger partial charge in [-0.1, -0.05) is 17.7 Å². The zero-order valence-electron chi connectivity index (χ0n) is 12.4. The van der Waals surface area contributed by atoms with Gasteiger partial charge in [0.25, 0.3) is 5.91 Å². The number of carbonyl (C=O) groups is 1. The Labute approximate surface area is 143 Å². The number of aromatic hydroxyl groups is 1. The highest BCUT2D eigenvalue weighted by Crippen LogP contribution is 2.32. The van der Waals surface area contributed by atoms with Gasteiger partial charge in [0.1, 0.15) is 12.3 Å². The Kier molecular flexibility index (Phi) is 4.02. The van der Waals surface area contributed by atoms with Crippen molar-refractivity contribution in [1.82, 2.24) is 4.72 Å². The summed E-state index contributed by atoms with van der Waals surface area (Å²) in [4.78, 5) is 11.3. The zero-order chi connectivity index (χ0) is 17.5. The molecule has 0 radical (unpaired) electrons. The lowest BCUT2D eigenvalue weighted by atomic mass is 10.0. The molecule has 0 saturated carbocycles. The molecule has 9 heteroatoms. The number of nitrogens with two attached hydrogens (primary N) is 1. The second-order valence-corrected chi connectivity index (χ2v) is 7.41. The van der Waals surface area contributed by atoms with Gasteiger partial charge in [0.2, 0.25) is 0 Å². The highest BCUT2D eigenvalue weighted by Gasteiger charge is 2.35. The summed E-state index contributed by atoms with van der Waals surface area (Å²) >= 11 is 5.95. The maximum absolute atomic E-state index is 11.8. The summed E-state index contributed by atoms with van der Waals surface area (Å²) in [5.41, 5.74) is 8.02. The van der Waals surface area contributed by atoms with Crippen LogP contribution in [0, 0.1) is 0 Å². The van der Waals surface area contributed by atoms with E-state index in [4.69, 9.17) is 17.3 Å². The number of rotatable bonds is 3. The quantitative estimate of drug-likeness (QED) is 0.710. The van der Waals surface area contributed by atoms with E-state index in [1.54, 1.807) is 24.3 Å². The lowest BCUT2D eigenvalue weighted by Crippen LogP contribution is -2.29. The summed E-state index contributed by atoms with van der Waals surface area (Å²) in [6, 6.07) is 9.66. The molecule has 1 heterocycles. The summed E-state index contributed by atoms with van der Waals surface area (Å²) < 4.78 is 26.3. The highest BCUT2D eigenvalue weighted by molar-refractivity contribution is 7.92. The molecule has 4 N–H and O–H groups in total. The van der Waals surface area contributed by atoms with Gasteiger partial charge in [-0.05, 0) is 47.9 Å². The Bertz CT molecular complexity index is 930. The van der Waals surface area contributed by atoms with E-state index in [1.807, 2.05) is 4.72 Å². The summed E-state index contributed by atoms with van der Waals surface area (Å²) in [7, 11) is -3.96. The molecule has 3 rings (SSSR count). The van der Waals surface area contributed by atoms with Crippen molar-refractivity contribution in [3.63, 3.8) is 0 Å². The van der Waals surface area contributed by atoms with Gasteiger partial charge in [0, 0.05) is 10.7 Å². The van der Waals surface area contributed by atoms with Crippen LogP contribution < -0.4 is 14.8 Å². The molecule has 0 aliphatic carbocycles. The van der Waals surface area contributed by atoms with Crippen LogP contribution in [0.2, 0.25) is 5.02 Å². The number of nitrogen functional groups attached to an aromatic ring is 1. The van der Waals surface area contributed by atoms with Crippen LogP contribution in [0.25, 0.3) is 0 Å². The highest BCUT2D eigenvalue weighted by atomic mass is 35.5. The van der Waals surface area contributed by atoms with Crippen LogP contribution in [0.3, 0.4) is 0 Å². The fourth-order valence-electron chi connectivity index (χ4n) is 2.50. The first-order chi connectivity index (χ1) is 11.3. The van der Waals surface area contributed by atoms with E-state index in [1.165, 1.54) is 12.1 Å². The molecule has 0 aromatic heterocycles. The minimum atomic E-state index is -3.96. The topological polar surface area (TPSA) is 113 Å². The fraction of sp³-hybridized carbons (Fsp3) is 0.133. The van der Waals surface area contributed by atoms with Crippen molar-refractivity contribution < 1.29 is 18.3 Å². The second kappa shape index (κ2) is 5.88. The molecule has 2 aromatic carbocycles. The number of hydrogen-bond acceptors (Lipinski definition) is 5. The maximum Gasteiger partial charge on any atom is 0.326 e. The van der Waals surface area contributed by atoms with Crippen LogP contribution in [-0.2, 0) is 21.4 Å². The molecular weight excluding hydrogens is 354 g/mol. The van der Waals surface area contributed by atoms with Crippen molar-refractivity contribution in [2.24, 2.45) is 0 Å². The summed E-state index contributed by atoms with van der Waals surface area (Å²) in [5.74, 6) is -0.890. The average molecular weight is 368 g/mol. The molecular formula is C15H14ClN3O4S. The normalized spacial score (nSPS) is 16.2. The van der Waals surface area contributed by atoms with E-state index < -0.39 is 16.1 Å². The number of phenols is 1. The van der Waals surface area contributed by atoms with Crippen LogP contribution in [0.4, 0.5) is 11.4 Å². The van der Waals surface area contributed by atoms with E-state index in [9.17, 15) is 18.3 Å². The van der Waals surface area contributed by atoms with Crippen LogP contribution in [0.1, 0.15) is 11.1 Å². The maximum atomic E-state index is 11.8. The van der Waals surface area contributed by atoms with Crippen LogP contribution >= 0.6 is 11.6 Å². The Balaban J connectivity index is 1.91. The number of amides is 1. The van der Waals surface area contributed by atoms with Gasteiger partial charge >= 0.3 is 10.2 Å². The zero-order valence-corrected chi connectivity index (χ0v) is 13.9. The van der Waals surface area contributed by atoms with E-state index in [-0.39, 0.29) is 18.0 Å². The molecule has 7 nitrogen and oxygen atoms in total. The number of carbonyl (C=O) groups excluding carboxylic acids is 1. The van der Waals surface area contributed by atoms with Crippen molar-refractivity contribution in [3.8, 4) is 5.75 Å². The van der Waals surface area contributed by atoms with Gasteiger partial charge in [-0.25, -0.2) is 9.03 Å². The van der Waals surface area contributed by atoms with Crippen molar-refractivity contribution in [2.45, 2.75) is 6.42 Å². The Morgan fingerprint density at radius 1 is 1.25 bits per heavy atom. The smallest absolute Gasteiger partial charge is 0.326 e. The summed E-state index contributed by atoms with van der Waals surface area (Å²) in [6.45, 7) is -0.365. The molecule has 1 saturated heterocycles. The van der Waals surface area contributed by atoms with Crippen LogP contribution in [0.15, 0.2) is 36.4 Å². The van der Waals surface area contributed by atoms with Gasteiger partial charge < -0.3 is 10.8 Å². The SMILES string of the molecule is Nc1ccc(Cl)cc1Cc1ccc(N2CC(=O)NS2(=O)=O)c(O)c1. The Morgan fingerprint density at radius 2 is 2.00 bits per heavy atom. The average Bonchev–Trinajstić information content (AvgIpc) is 2.76. The fourth-order valence-corrected chi connectivity index (χ4v) is 3.86. The van der Waals surface area contributed by atoms with Crippen molar-refractivity contribution in [1.29, 1.82) is 0 Å². The molecule has 0 bridgehead atoms. The van der Waals surface area contributed by atoms with Gasteiger partial charge in [-0.2, -0.15) is 8.42 Å². The predicted molar refractivity (Wildman–Crippen MR) is 91.2 cm³/mol. The Morgan fingerprint density at radius 3 is 2.62 bits per heavy atom. The Hall–Kier alpha value is -2.45. The van der Waals surface area contributed by atoms with E-state index in [0.717, 1.165) is 15.4 Å². The third-order valence-corrected chi connectivity index (χ3v) is 5.26. The third-order valence-electron chi connectivity index (χ3n) is 3.63. The molecule has 0 atom stereocenters. The minimum Gasteiger partial charge on any atom is -0.506 e. The van der Waals surface area contributed by atoms with Crippen LogP contribution in [-0.4, -0.2) is 26.0 Å². The number of anilines is 2. The largest absolute Gasteiger partial charge is 0.506 e. The molecule has 1 amide bonds. The van der Waals surface area contributed by atoms with Gasteiger partial charge in [-0.15, -0.1) is 0 Å². The van der Waals surface area contributed by atoms with Crippen LogP contribution in [0.5, 0.6) is 5.75 Å². The minimum absolute atomic E-state index is 0.0381. The molecule has 1 aliphatic rings. The van der Waals surface area contributed by atoms with Crippen molar-refractivity contribution in [3.05, 3.63) is 52.5 Å². The molecule has 126 valence electrons. The number of phenolic OH excluding ortho intramolecular Hbond substituents is 1. The lowest BCUT2D eigenvalue weighted by molar-refractivity contribution is -0.117. The standard InChI is InChI=1S/C15H14ClN3O4S/c16-11-2-3-12(17)10(7-11)5-9-1-4-13(14(20)6-9)19-8-15(21)18-24(19,22)23/h1-4,6-7,20H,5,8,17H2,(H,18,21). The first-order valence-corrected chi connectivity index (χ1v) is 8.77. The van der Waals surface area contributed by atoms with Gasteiger partial charge in [0.05, 0.1) is 5.69 Å². The van der Waals surface area contributed by atoms with Crippen molar-refractivity contribution in [2.75, 3.05) is 16.6 Å². The summed E-state index contributed by atoms with van der Waals surface area (Å²) in [5, 5.41) is 10.7.